The van der Waals surface area contributed by atoms with E-state index in [1.54, 1.807) is 6.92 Å². The molecule has 0 spiro atoms. The van der Waals surface area contributed by atoms with Gasteiger partial charge in [-0.2, -0.15) is 8.78 Å². The van der Waals surface area contributed by atoms with Crippen LogP contribution in [0.5, 0.6) is 11.5 Å². The van der Waals surface area contributed by atoms with Gasteiger partial charge >= 0.3 is 0 Å². The van der Waals surface area contributed by atoms with E-state index in [1.165, 1.54) is 37.8 Å². The molecule has 4 heteroatoms. The van der Waals surface area contributed by atoms with Gasteiger partial charge in [0.2, 0.25) is 11.6 Å². The van der Waals surface area contributed by atoms with Crippen molar-refractivity contribution in [2.45, 2.75) is 39.0 Å². The second kappa shape index (κ2) is 6.20. The molecule has 2 saturated carbocycles. The van der Waals surface area contributed by atoms with Crippen LogP contribution < -0.4 is 9.47 Å². The van der Waals surface area contributed by atoms with Gasteiger partial charge < -0.3 is 9.47 Å². The van der Waals surface area contributed by atoms with E-state index >= 15 is 0 Å². The Balaban J connectivity index is 1.64. The Morgan fingerprint density at radius 3 is 2.43 bits per heavy atom. The second-order valence-electron chi connectivity index (χ2n) is 6.13. The van der Waals surface area contributed by atoms with Crippen LogP contribution in [-0.2, 0) is 0 Å². The fourth-order valence-electron chi connectivity index (χ4n) is 3.98. The minimum absolute atomic E-state index is 0.00241. The van der Waals surface area contributed by atoms with Crippen molar-refractivity contribution in [2.24, 2.45) is 17.8 Å². The van der Waals surface area contributed by atoms with Crippen LogP contribution in [-0.4, -0.2) is 13.2 Å². The van der Waals surface area contributed by atoms with Crippen LogP contribution in [0.2, 0.25) is 0 Å². The van der Waals surface area contributed by atoms with E-state index in [0.29, 0.717) is 19.1 Å². The molecule has 3 rings (SSSR count). The highest BCUT2D eigenvalue weighted by molar-refractivity contribution is 5.35. The zero-order valence-electron chi connectivity index (χ0n) is 12.4. The first-order chi connectivity index (χ1) is 10.2. The molecule has 3 atom stereocenters. The van der Waals surface area contributed by atoms with E-state index < -0.39 is 11.6 Å². The quantitative estimate of drug-likeness (QED) is 0.792. The van der Waals surface area contributed by atoms with Gasteiger partial charge in [0.05, 0.1) is 13.2 Å². The SMILES string of the molecule is CCOc1ccc(OCC2CCC3CCCC32)c(F)c1F. The van der Waals surface area contributed by atoms with Crippen LogP contribution in [0, 0.1) is 29.4 Å². The third kappa shape index (κ3) is 2.85. The van der Waals surface area contributed by atoms with Crippen LogP contribution in [0.25, 0.3) is 0 Å². The Morgan fingerprint density at radius 2 is 1.71 bits per heavy atom. The maximum atomic E-state index is 13.9. The van der Waals surface area contributed by atoms with Gasteiger partial charge in [0.15, 0.2) is 11.5 Å². The normalized spacial score (nSPS) is 27.7. The standard InChI is InChI=1S/C17H22F2O2/c1-2-20-14-8-9-15(17(19)16(14)18)21-10-12-7-6-11-4-3-5-13(11)12/h8-9,11-13H,2-7,10H2,1H3. The molecule has 21 heavy (non-hydrogen) atoms. The molecule has 2 aliphatic rings. The van der Waals surface area contributed by atoms with Gasteiger partial charge in [-0.15, -0.1) is 0 Å². The van der Waals surface area contributed by atoms with Crippen molar-refractivity contribution < 1.29 is 18.3 Å². The third-order valence-corrected chi connectivity index (χ3v) is 5.00. The Hall–Kier alpha value is -1.32. The average Bonchev–Trinajstić information content (AvgIpc) is 3.07. The number of hydrogen-bond donors (Lipinski definition) is 0. The van der Waals surface area contributed by atoms with Crippen molar-refractivity contribution in [2.75, 3.05) is 13.2 Å². The summed E-state index contributed by atoms with van der Waals surface area (Å²) in [6.45, 7) is 2.53. The number of ether oxygens (including phenoxy) is 2. The molecule has 0 bridgehead atoms. The van der Waals surface area contributed by atoms with Gasteiger partial charge in [-0.05, 0) is 56.1 Å². The minimum atomic E-state index is -0.959. The van der Waals surface area contributed by atoms with Crippen molar-refractivity contribution in [1.82, 2.24) is 0 Å². The third-order valence-electron chi connectivity index (χ3n) is 5.00. The molecular weight excluding hydrogens is 274 g/mol. The molecular formula is C17H22F2O2. The fraction of sp³-hybridized carbons (Fsp3) is 0.647. The molecule has 2 fully saturated rings. The maximum Gasteiger partial charge on any atom is 0.204 e. The topological polar surface area (TPSA) is 18.5 Å². The summed E-state index contributed by atoms with van der Waals surface area (Å²) in [7, 11) is 0. The first-order valence-electron chi connectivity index (χ1n) is 7.94. The lowest BCUT2D eigenvalue weighted by molar-refractivity contribution is 0.197. The predicted octanol–water partition coefficient (Wildman–Crippen LogP) is 4.57. The van der Waals surface area contributed by atoms with Crippen molar-refractivity contribution in [3.8, 4) is 11.5 Å². The van der Waals surface area contributed by atoms with E-state index in [2.05, 4.69) is 0 Å². The average molecular weight is 296 g/mol. The molecule has 0 aromatic heterocycles. The molecule has 116 valence electrons. The predicted molar refractivity (Wildman–Crippen MR) is 76.6 cm³/mol. The van der Waals surface area contributed by atoms with E-state index in [9.17, 15) is 8.78 Å². The van der Waals surface area contributed by atoms with Gasteiger partial charge in [0.25, 0.3) is 0 Å². The first-order valence-corrected chi connectivity index (χ1v) is 7.94. The molecule has 0 heterocycles. The summed E-state index contributed by atoms with van der Waals surface area (Å²) in [5, 5.41) is 0. The van der Waals surface area contributed by atoms with Crippen molar-refractivity contribution in [3.63, 3.8) is 0 Å². The zero-order chi connectivity index (χ0) is 14.8. The van der Waals surface area contributed by atoms with Crippen molar-refractivity contribution >= 4 is 0 Å². The second-order valence-corrected chi connectivity index (χ2v) is 6.13. The van der Waals surface area contributed by atoms with E-state index in [4.69, 9.17) is 9.47 Å². The fourth-order valence-corrected chi connectivity index (χ4v) is 3.98. The summed E-state index contributed by atoms with van der Waals surface area (Å²) in [5.74, 6) is 0.0885. The van der Waals surface area contributed by atoms with E-state index in [0.717, 1.165) is 18.3 Å². The summed E-state index contributed by atoms with van der Waals surface area (Å²) in [6, 6.07) is 2.90. The highest BCUT2D eigenvalue weighted by Gasteiger charge is 2.39. The lowest BCUT2D eigenvalue weighted by Crippen LogP contribution is -2.18. The molecule has 1 aromatic rings. The molecule has 0 radical (unpaired) electrons. The van der Waals surface area contributed by atoms with Gasteiger partial charge in [-0.3, -0.25) is 0 Å². The number of fused-ring (bicyclic) bond motifs is 1. The Morgan fingerprint density at radius 1 is 1.00 bits per heavy atom. The number of halogens is 2. The van der Waals surface area contributed by atoms with Gasteiger partial charge in [-0.25, -0.2) is 0 Å². The van der Waals surface area contributed by atoms with Crippen LogP contribution in [0.15, 0.2) is 12.1 Å². The molecule has 0 amide bonds. The largest absolute Gasteiger partial charge is 0.491 e. The van der Waals surface area contributed by atoms with E-state index in [1.807, 2.05) is 0 Å². The Labute approximate surface area is 124 Å². The van der Waals surface area contributed by atoms with Gasteiger partial charge in [0.1, 0.15) is 0 Å². The molecule has 0 aliphatic heterocycles. The van der Waals surface area contributed by atoms with E-state index in [-0.39, 0.29) is 11.5 Å². The summed E-state index contributed by atoms with van der Waals surface area (Å²) >= 11 is 0. The highest BCUT2D eigenvalue weighted by atomic mass is 19.2. The van der Waals surface area contributed by atoms with Crippen LogP contribution in [0.1, 0.15) is 39.0 Å². The lowest BCUT2D eigenvalue weighted by Gasteiger charge is -2.19. The summed E-state index contributed by atoms with van der Waals surface area (Å²) < 4.78 is 38.3. The number of hydrogen-bond acceptors (Lipinski definition) is 2. The van der Waals surface area contributed by atoms with Crippen LogP contribution in [0.3, 0.4) is 0 Å². The van der Waals surface area contributed by atoms with Gasteiger partial charge in [0, 0.05) is 0 Å². The van der Waals surface area contributed by atoms with Crippen LogP contribution in [0.4, 0.5) is 8.78 Å². The smallest absolute Gasteiger partial charge is 0.204 e. The Bertz CT molecular complexity index is 504. The molecule has 2 nitrogen and oxygen atoms in total. The highest BCUT2D eigenvalue weighted by Crippen LogP contribution is 2.47. The maximum absolute atomic E-state index is 13.9. The summed E-state index contributed by atoms with van der Waals surface area (Å²) in [4.78, 5) is 0. The molecule has 0 N–H and O–H groups in total. The molecule has 2 aliphatic carbocycles. The summed E-state index contributed by atoms with van der Waals surface area (Å²) in [6.07, 6.45) is 6.30. The zero-order valence-corrected chi connectivity index (χ0v) is 12.4. The van der Waals surface area contributed by atoms with Gasteiger partial charge in [-0.1, -0.05) is 12.8 Å². The monoisotopic (exact) mass is 296 g/mol. The summed E-state index contributed by atoms with van der Waals surface area (Å²) in [5.41, 5.74) is 0. The molecule has 0 saturated heterocycles. The lowest BCUT2D eigenvalue weighted by atomic mass is 9.93. The first kappa shape index (κ1) is 14.6. The van der Waals surface area contributed by atoms with Crippen molar-refractivity contribution in [3.05, 3.63) is 23.8 Å². The minimum Gasteiger partial charge on any atom is -0.491 e. The number of benzene rings is 1. The molecule has 1 aromatic carbocycles. The van der Waals surface area contributed by atoms with Crippen molar-refractivity contribution in [1.29, 1.82) is 0 Å². The van der Waals surface area contributed by atoms with Crippen LogP contribution >= 0.6 is 0 Å². The number of rotatable bonds is 5. The molecule has 3 unspecified atom stereocenters. The Kier molecular flexibility index (Phi) is 4.32.